The van der Waals surface area contributed by atoms with Crippen LogP contribution < -0.4 is 0 Å². The largest absolute Gasteiger partial charge is 0.460 e. The summed E-state index contributed by atoms with van der Waals surface area (Å²) in [6.07, 6.45) is -26.0. The van der Waals surface area contributed by atoms with Gasteiger partial charge in [-0.1, -0.05) is 6.58 Å². The minimum absolute atomic E-state index is 0.204. The summed E-state index contributed by atoms with van der Waals surface area (Å²) in [6.45, 7) is 2.70. The summed E-state index contributed by atoms with van der Waals surface area (Å²) in [5.74, 6) is -46.9. The number of carbonyl (C=O) groups is 1. The zero-order valence-electron chi connectivity index (χ0n) is 17.5. The van der Waals surface area contributed by atoms with E-state index in [1.807, 2.05) is 0 Å². The van der Waals surface area contributed by atoms with Crippen LogP contribution in [0.5, 0.6) is 0 Å². The van der Waals surface area contributed by atoms with Crippen LogP contribution in [0.2, 0.25) is 0 Å². The number of alkyl halides is 18. The van der Waals surface area contributed by atoms with Crippen molar-refractivity contribution in [3.8, 4) is 0 Å². The molecule has 0 saturated heterocycles. The zero-order chi connectivity index (χ0) is 30.1. The Morgan fingerprint density at radius 3 is 1.24 bits per heavy atom. The number of esters is 1. The van der Waals surface area contributed by atoms with Crippen LogP contribution in [0.4, 0.5) is 79.0 Å². The molecule has 0 bridgehead atoms. The van der Waals surface area contributed by atoms with Gasteiger partial charge in [-0.15, -0.1) is 0 Å². The zero-order valence-corrected chi connectivity index (χ0v) is 17.5. The van der Waals surface area contributed by atoms with Crippen molar-refractivity contribution in [2.45, 2.75) is 86.1 Å². The van der Waals surface area contributed by atoms with Crippen LogP contribution in [0, 0.1) is 0 Å². The van der Waals surface area contributed by atoms with Gasteiger partial charge in [0.2, 0.25) is 6.36 Å². The van der Waals surface area contributed by atoms with Crippen molar-refractivity contribution in [2.24, 2.45) is 0 Å². The van der Waals surface area contributed by atoms with Crippen molar-refractivity contribution in [3.63, 3.8) is 0 Å². The maximum atomic E-state index is 13.7. The van der Waals surface area contributed by atoms with E-state index in [0.29, 0.717) is 0 Å². The molecular weight excluding hydrogens is 578 g/mol. The highest BCUT2D eigenvalue weighted by Gasteiger charge is 2.81. The standard InChI is InChI=1S/C17H14F18O2/c1-2-9(36)37-8(18)7-14(27,28)12(23,24)4-3-10(19,20)11(21,22)5-6-13(25,26)15(29,30)16(31,32)17(33,34)35/h2,8H,1,3-7H2. The number of hydrogen-bond donors (Lipinski definition) is 0. The average molecular weight is 592 g/mol. The minimum Gasteiger partial charge on any atom is -0.428 e. The molecule has 0 spiro atoms. The Balaban J connectivity index is 5.54. The molecule has 0 aliphatic rings. The fraction of sp³-hybridized carbons (Fsp3) is 0.824. The van der Waals surface area contributed by atoms with Gasteiger partial charge in [-0.05, 0) is 0 Å². The van der Waals surface area contributed by atoms with Gasteiger partial charge < -0.3 is 4.74 Å². The summed E-state index contributed by atoms with van der Waals surface area (Å²) in [5, 5.41) is 0. The van der Waals surface area contributed by atoms with Crippen LogP contribution in [0.3, 0.4) is 0 Å². The molecule has 1 unspecified atom stereocenters. The SMILES string of the molecule is C=CC(=O)OC(F)CC(F)(F)C(F)(F)CCC(F)(F)C(F)(F)CCC(F)(F)C(F)(F)C(F)(F)C(F)(F)F. The van der Waals surface area contributed by atoms with E-state index in [-0.39, 0.29) is 6.08 Å². The van der Waals surface area contributed by atoms with E-state index in [4.69, 9.17) is 0 Å². The number of hydrogen-bond acceptors (Lipinski definition) is 2. The van der Waals surface area contributed by atoms with Crippen molar-refractivity contribution in [3.05, 3.63) is 12.7 Å². The monoisotopic (exact) mass is 592 g/mol. The Hall–Kier alpha value is -2.05. The van der Waals surface area contributed by atoms with Crippen LogP contribution in [-0.4, -0.2) is 60.0 Å². The number of ether oxygens (including phenoxy) is 1. The van der Waals surface area contributed by atoms with Gasteiger partial charge in [0.05, 0.1) is 6.42 Å². The second kappa shape index (κ2) is 10.6. The van der Waals surface area contributed by atoms with Gasteiger partial charge in [-0.2, -0.15) is 74.6 Å². The first-order valence-corrected chi connectivity index (χ1v) is 9.20. The second-order valence-electron chi connectivity index (χ2n) is 7.42. The molecule has 0 aromatic rings. The molecule has 0 aliphatic heterocycles. The molecule has 20 heteroatoms. The van der Waals surface area contributed by atoms with Gasteiger partial charge in [-0.25, -0.2) is 9.18 Å². The summed E-state index contributed by atoms with van der Waals surface area (Å²) in [5.41, 5.74) is 0. The summed E-state index contributed by atoms with van der Waals surface area (Å²) in [7, 11) is 0. The van der Waals surface area contributed by atoms with E-state index in [9.17, 15) is 83.8 Å². The third kappa shape index (κ3) is 7.51. The van der Waals surface area contributed by atoms with E-state index in [1.54, 1.807) is 0 Å². The van der Waals surface area contributed by atoms with Crippen molar-refractivity contribution < 1.29 is 88.6 Å². The lowest BCUT2D eigenvalue weighted by Gasteiger charge is -2.35. The van der Waals surface area contributed by atoms with E-state index in [0.717, 1.165) is 0 Å². The third-order valence-corrected chi connectivity index (χ3v) is 4.61. The number of carbonyl (C=O) groups excluding carboxylic acids is 1. The smallest absolute Gasteiger partial charge is 0.428 e. The number of halogens is 18. The Morgan fingerprint density at radius 2 is 0.919 bits per heavy atom. The lowest BCUT2D eigenvalue weighted by atomic mass is 9.93. The highest BCUT2D eigenvalue weighted by atomic mass is 19.4. The van der Waals surface area contributed by atoms with E-state index < -0.39 is 92.1 Å². The van der Waals surface area contributed by atoms with E-state index >= 15 is 0 Å². The van der Waals surface area contributed by atoms with Crippen LogP contribution in [-0.2, 0) is 9.53 Å². The Kier molecular flexibility index (Phi) is 10.0. The quantitative estimate of drug-likeness (QED) is 0.116. The molecule has 0 aromatic carbocycles. The molecule has 0 rings (SSSR count). The fourth-order valence-electron chi connectivity index (χ4n) is 2.31. The summed E-state index contributed by atoms with van der Waals surface area (Å²) >= 11 is 0. The molecule has 0 N–H and O–H groups in total. The molecule has 0 saturated carbocycles. The lowest BCUT2D eigenvalue weighted by Crippen LogP contribution is -2.61. The Labute approximate surface area is 194 Å². The molecule has 0 heterocycles. The van der Waals surface area contributed by atoms with Gasteiger partial charge in [0.25, 0.3) is 0 Å². The second-order valence-corrected chi connectivity index (χ2v) is 7.42. The topological polar surface area (TPSA) is 26.3 Å². The third-order valence-electron chi connectivity index (χ3n) is 4.61. The van der Waals surface area contributed by atoms with Gasteiger partial charge in [0.1, 0.15) is 0 Å². The number of rotatable bonds is 14. The summed E-state index contributed by atoms with van der Waals surface area (Å²) in [4.78, 5) is 10.6. The highest BCUT2D eigenvalue weighted by Crippen LogP contribution is 2.55. The molecular formula is C17H14F18O2. The average Bonchev–Trinajstić information content (AvgIpc) is 2.69. The first kappa shape index (κ1) is 35.0. The molecule has 2 nitrogen and oxygen atoms in total. The van der Waals surface area contributed by atoms with Gasteiger partial charge in [0.15, 0.2) is 0 Å². The summed E-state index contributed by atoms with van der Waals surface area (Å²) < 4.78 is 240. The van der Waals surface area contributed by atoms with Crippen molar-refractivity contribution in [1.82, 2.24) is 0 Å². The van der Waals surface area contributed by atoms with Crippen molar-refractivity contribution >= 4 is 5.97 Å². The molecule has 220 valence electrons. The Morgan fingerprint density at radius 1 is 0.595 bits per heavy atom. The molecule has 1 atom stereocenters. The fourth-order valence-corrected chi connectivity index (χ4v) is 2.31. The normalized spacial score (nSPS) is 15.9. The maximum absolute atomic E-state index is 13.7. The van der Waals surface area contributed by atoms with Gasteiger partial charge in [-0.3, -0.25) is 0 Å². The Bertz CT molecular complexity index is 801. The van der Waals surface area contributed by atoms with Crippen LogP contribution in [0.25, 0.3) is 0 Å². The molecule has 0 aromatic heterocycles. The maximum Gasteiger partial charge on any atom is 0.460 e. The van der Waals surface area contributed by atoms with E-state index in [1.165, 1.54) is 0 Å². The minimum atomic E-state index is -7.52. The summed E-state index contributed by atoms with van der Waals surface area (Å²) in [6, 6.07) is 0. The van der Waals surface area contributed by atoms with E-state index in [2.05, 4.69) is 11.3 Å². The molecule has 0 aliphatic carbocycles. The molecule has 37 heavy (non-hydrogen) atoms. The first-order chi connectivity index (χ1) is 16.0. The molecule has 0 fully saturated rings. The van der Waals surface area contributed by atoms with Gasteiger partial charge in [0, 0.05) is 31.8 Å². The van der Waals surface area contributed by atoms with Crippen LogP contribution >= 0.6 is 0 Å². The highest BCUT2D eigenvalue weighted by molar-refractivity contribution is 5.81. The van der Waals surface area contributed by atoms with Gasteiger partial charge >= 0.3 is 53.6 Å². The predicted molar refractivity (Wildman–Crippen MR) is 85.0 cm³/mol. The molecule has 0 amide bonds. The van der Waals surface area contributed by atoms with Crippen molar-refractivity contribution in [1.29, 1.82) is 0 Å². The van der Waals surface area contributed by atoms with Crippen LogP contribution in [0.15, 0.2) is 12.7 Å². The van der Waals surface area contributed by atoms with Crippen LogP contribution in [0.1, 0.15) is 32.1 Å². The predicted octanol–water partition coefficient (Wildman–Crippen LogP) is 7.97. The lowest BCUT2D eigenvalue weighted by molar-refractivity contribution is -0.398. The van der Waals surface area contributed by atoms with Crippen molar-refractivity contribution in [2.75, 3.05) is 0 Å². The first-order valence-electron chi connectivity index (χ1n) is 9.20. The molecule has 0 radical (unpaired) electrons.